The van der Waals surface area contributed by atoms with Gasteiger partial charge in [-0.3, -0.25) is 19.8 Å². The molecule has 2 aromatic carbocycles. The number of hydrogen-bond donors (Lipinski definition) is 1. The highest BCUT2D eigenvalue weighted by Gasteiger charge is 2.34. The third kappa shape index (κ3) is 4.17. The van der Waals surface area contributed by atoms with Gasteiger partial charge in [0.25, 0.3) is 11.8 Å². The van der Waals surface area contributed by atoms with E-state index in [-0.39, 0.29) is 10.7 Å². The quantitative estimate of drug-likeness (QED) is 0.207. The minimum absolute atomic E-state index is 0.0198. The molecule has 1 aliphatic heterocycles. The highest BCUT2D eigenvalue weighted by molar-refractivity contribution is 14.1. The maximum atomic E-state index is 13.2. The summed E-state index contributed by atoms with van der Waals surface area (Å²) < 4.78 is 3.24. The summed E-state index contributed by atoms with van der Waals surface area (Å²) >= 11 is 13.5. The Bertz CT molecular complexity index is 1250. The summed E-state index contributed by atoms with van der Waals surface area (Å²) in [7, 11) is 0. The average Bonchev–Trinajstić information content (AvgIpc) is 3.00. The van der Waals surface area contributed by atoms with Crippen LogP contribution in [-0.4, -0.2) is 21.5 Å². The largest absolute Gasteiger partial charge is 0.318 e. The number of hydrogen-bond acceptors (Lipinski definition) is 3. The molecule has 0 spiro atoms. The number of amides is 2. The van der Waals surface area contributed by atoms with Crippen LogP contribution in [0.5, 0.6) is 0 Å². The van der Waals surface area contributed by atoms with E-state index in [1.807, 2.05) is 44.2 Å². The van der Waals surface area contributed by atoms with Crippen LogP contribution in [-0.2, 0) is 9.59 Å². The number of thiocarbonyl (C=S) groups is 1. The molecule has 8 heteroatoms. The molecule has 3 aromatic rings. The number of benzene rings is 2. The molecule has 1 N–H and O–H groups in total. The van der Waals surface area contributed by atoms with Crippen molar-refractivity contribution in [2.24, 2.45) is 0 Å². The number of nitrogens with zero attached hydrogens (tertiary/aromatic N) is 2. The second-order valence-corrected chi connectivity index (χ2v) is 9.14. The van der Waals surface area contributed by atoms with Gasteiger partial charge in [0.05, 0.1) is 5.69 Å². The van der Waals surface area contributed by atoms with Gasteiger partial charge >= 0.3 is 0 Å². The zero-order valence-electron chi connectivity index (χ0n) is 16.6. The molecule has 0 radical (unpaired) electrons. The monoisotopic (exact) mass is 561 g/mol. The van der Waals surface area contributed by atoms with Crippen molar-refractivity contribution in [1.82, 2.24) is 9.88 Å². The lowest BCUT2D eigenvalue weighted by molar-refractivity contribution is -0.122. The van der Waals surface area contributed by atoms with Crippen molar-refractivity contribution in [3.63, 3.8) is 0 Å². The van der Waals surface area contributed by atoms with Gasteiger partial charge in [0.2, 0.25) is 0 Å². The molecular weight excluding hydrogens is 545 g/mol. The van der Waals surface area contributed by atoms with Gasteiger partial charge in [-0.05, 0) is 115 Å². The Morgan fingerprint density at radius 1 is 1.00 bits per heavy atom. The van der Waals surface area contributed by atoms with E-state index in [4.69, 9.17) is 23.8 Å². The van der Waals surface area contributed by atoms with Crippen LogP contribution in [0.3, 0.4) is 0 Å². The number of carbonyl (C=O) groups excluding carboxylic acids is 2. The highest BCUT2D eigenvalue weighted by atomic mass is 127. The van der Waals surface area contributed by atoms with Crippen LogP contribution in [0.25, 0.3) is 11.8 Å². The lowest BCUT2D eigenvalue weighted by atomic mass is 10.1. The van der Waals surface area contributed by atoms with E-state index < -0.39 is 11.8 Å². The first-order valence-electron chi connectivity index (χ1n) is 9.38. The van der Waals surface area contributed by atoms with E-state index in [2.05, 4.69) is 32.5 Å². The Labute approximate surface area is 203 Å². The summed E-state index contributed by atoms with van der Waals surface area (Å²) in [5.74, 6) is -0.991. The topological polar surface area (TPSA) is 54.3 Å². The van der Waals surface area contributed by atoms with Crippen molar-refractivity contribution in [3.8, 4) is 5.69 Å². The first kappa shape index (κ1) is 21.7. The normalized spacial score (nSPS) is 15.5. The summed E-state index contributed by atoms with van der Waals surface area (Å²) in [5, 5.41) is 3.19. The molecule has 0 bridgehead atoms. The molecule has 0 saturated carbocycles. The molecule has 1 saturated heterocycles. The van der Waals surface area contributed by atoms with Crippen molar-refractivity contribution >= 4 is 75.1 Å². The van der Waals surface area contributed by atoms with Crippen LogP contribution in [0.2, 0.25) is 5.02 Å². The second-order valence-electron chi connectivity index (χ2n) is 7.07. The Balaban J connectivity index is 1.75. The third-order valence-electron chi connectivity index (χ3n) is 5.04. The van der Waals surface area contributed by atoms with Gasteiger partial charge in [0.1, 0.15) is 5.57 Å². The standard InChI is InChI=1S/C23H17ClIN3O2S/c1-13-11-15(14(2)27(13)18-9-5-17(25)6-10-18)12-20-21(29)26-23(31)28(22(20)30)19-7-3-16(24)4-8-19/h3-12H,1-2H3,(H,26,29,31). The first-order valence-corrected chi connectivity index (χ1v) is 11.2. The van der Waals surface area contributed by atoms with Crippen molar-refractivity contribution in [3.05, 3.63) is 85.7 Å². The number of carbonyl (C=O) groups is 2. The van der Waals surface area contributed by atoms with Gasteiger partial charge in [-0.2, -0.15) is 0 Å². The predicted octanol–water partition coefficient (Wildman–Crippen LogP) is 5.18. The van der Waals surface area contributed by atoms with Crippen LogP contribution >= 0.6 is 46.4 Å². The van der Waals surface area contributed by atoms with Gasteiger partial charge < -0.3 is 4.57 Å². The van der Waals surface area contributed by atoms with Crippen LogP contribution in [0.15, 0.2) is 60.2 Å². The van der Waals surface area contributed by atoms with E-state index in [0.717, 1.165) is 26.2 Å². The fraction of sp³-hybridized carbons (Fsp3) is 0.0870. The zero-order valence-corrected chi connectivity index (χ0v) is 20.4. The van der Waals surface area contributed by atoms with Gasteiger partial charge in [0.15, 0.2) is 5.11 Å². The highest BCUT2D eigenvalue weighted by Crippen LogP contribution is 2.27. The fourth-order valence-electron chi connectivity index (χ4n) is 3.56. The lowest BCUT2D eigenvalue weighted by Crippen LogP contribution is -2.54. The maximum absolute atomic E-state index is 13.2. The summed E-state index contributed by atoms with van der Waals surface area (Å²) in [6.45, 7) is 3.95. The zero-order chi connectivity index (χ0) is 22.3. The third-order valence-corrected chi connectivity index (χ3v) is 6.30. The molecule has 5 nitrogen and oxygen atoms in total. The van der Waals surface area contributed by atoms with Crippen LogP contribution in [0.1, 0.15) is 17.0 Å². The number of rotatable bonds is 3. The summed E-state index contributed by atoms with van der Waals surface area (Å²) in [4.78, 5) is 27.1. The lowest BCUT2D eigenvalue weighted by Gasteiger charge is -2.28. The van der Waals surface area contributed by atoms with E-state index in [1.54, 1.807) is 30.3 Å². The minimum Gasteiger partial charge on any atom is -0.318 e. The molecule has 0 unspecified atom stereocenters. The van der Waals surface area contributed by atoms with Crippen molar-refractivity contribution in [2.45, 2.75) is 13.8 Å². The van der Waals surface area contributed by atoms with Crippen LogP contribution in [0.4, 0.5) is 5.69 Å². The van der Waals surface area contributed by atoms with E-state index in [0.29, 0.717) is 10.7 Å². The Hall–Kier alpha value is -2.49. The minimum atomic E-state index is -0.515. The van der Waals surface area contributed by atoms with Gasteiger partial charge in [0, 0.05) is 25.7 Å². The molecular formula is C23H17ClIN3O2S. The van der Waals surface area contributed by atoms with Crippen molar-refractivity contribution < 1.29 is 9.59 Å². The molecule has 156 valence electrons. The van der Waals surface area contributed by atoms with E-state index in [9.17, 15) is 9.59 Å². The predicted molar refractivity (Wildman–Crippen MR) is 136 cm³/mol. The van der Waals surface area contributed by atoms with Crippen LogP contribution < -0.4 is 10.2 Å². The number of aryl methyl sites for hydroxylation is 1. The molecule has 0 aliphatic carbocycles. The molecule has 0 atom stereocenters. The molecule has 2 heterocycles. The molecule has 1 aliphatic rings. The number of halogens is 2. The summed E-state index contributed by atoms with van der Waals surface area (Å²) in [6.07, 6.45) is 1.62. The summed E-state index contributed by atoms with van der Waals surface area (Å²) in [5.41, 5.74) is 4.29. The molecule has 2 amide bonds. The Morgan fingerprint density at radius 2 is 1.61 bits per heavy atom. The van der Waals surface area contributed by atoms with E-state index in [1.165, 1.54) is 4.90 Å². The van der Waals surface area contributed by atoms with Crippen molar-refractivity contribution in [1.29, 1.82) is 0 Å². The Morgan fingerprint density at radius 3 is 2.26 bits per heavy atom. The number of nitrogens with one attached hydrogen (secondary N) is 1. The molecule has 31 heavy (non-hydrogen) atoms. The Kier molecular flexibility index (Phi) is 6.00. The van der Waals surface area contributed by atoms with Gasteiger partial charge in [-0.1, -0.05) is 11.6 Å². The van der Waals surface area contributed by atoms with Gasteiger partial charge in [-0.25, -0.2) is 0 Å². The smallest absolute Gasteiger partial charge is 0.270 e. The van der Waals surface area contributed by atoms with Crippen molar-refractivity contribution in [2.75, 3.05) is 4.90 Å². The summed E-state index contributed by atoms with van der Waals surface area (Å²) in [6, 6.07) is 16.8. The first-order chi connectivity index (χ1) is 14.8. The van der Waals surface area contributed by atoms with Gasteiger partial charge in [-0.15, -0.1) is 0 Å². The maximum Gasteiger partial charge on any atom is 0.270 e. The van der Waals surface area contributed by atoms with Crippen LogP contribution in [0, 0.1) is 17.4 Å². The fourth-order valence-corrected chi connectivity index (χ4v) is 4.33. The number of aromatic nitrogens is 1. The number of anilines is 1. The van der Waals surface area contributed by atoms with E-state index >= 15 is 0 Å². The average molecular weight is 562 g/mol. The molecule has 1 fully saturated rings. The second kappa shape index (κ2) is 8.57. The molecule has 1 aromatic heterocycles. The SMILES string of the molecule is Cc1cc(C=C2C(=O)NC(=S)N(c3ccc(Cl)cc3)C2=O)c(C)n1-c1ccc(I)cc1. The molecule has 4 rings (SSSR count).